The lowest BCUT2D eigenvalue weighted by atomic mass is 9.98. The van der Waals surface area contributed by atoms with Gasteiger partial charge in [0.25, 0.3) is 5.91 Å². The van der Waals surface area contributed by atoms with E-state index in [9.17, 15) is 4.79 Å². The normalized spacial score (nSPS) is 18.9. The summed E-state index contributed by atoms with van der Waals surface area (Å²) in [7, 11) is 0. The van der Waals surface area contributed by atoms with Gasteiger partial charge in [-0.3, -0.25) is 10.6 Å². The third-order valence-corrected chi connectivity index (χ3v) is 3.91. The van der Waals surface area contributed by atoms with Crippen LogP contribution in [0, 0.1) is 6.92 Å². The average Bonchev–Trinajstić information content (AvgIpc) is 2.47. The SMILES string of the molecule is Cc1ccc(C(=O)N2CCCCC2CCO)c(NN)c1. The van der Waals surface area contributed by atoms with Gasteiger partial charge in [0, 0.05) is 19.2 Å². The van der Waals surface area contributed by atoms with Crippen molar-refractivity contribution in [3.8, 4) is 0 Å². The second-order valence-corrected chi connectivity index (χ2v) is 5.35. The van der Waals surface area contributed by atoms with E-state index in [0.29, 0.717) is 17.7 Å². The van der Waals surface area contributed by atoms with Crippen LogP contribution in [0.4, 0.5) is 5.69 Å². The van der Waals surface area contributed by atoms with Crippen molar-refractivity contribution in [2.75, 3.05) is 18.6 Å². The van der Waals surface area contributed by atoms with Crippen molar-refractivity contribution < 1.29 is 9.90 Å². The molecule has 1 aliphatic rings. The highest BCUT2D eigenvalue weighted by Crippen LogP contribution is 2.25. The Morgan fingerprint density at radius 1 is 1.50 bits per heavy atom. The van der Waals surface area contributed by atoms with Gasteiger partial charge in [-0.25, -0.2) is 0 Å². The molecule has 1 heterocycles. The summed E-state index contributed by atoms with van der Waals surface area (Å²) >= 11 is 0. The number of hydrogen-bond acceptors (Lipinski definition) is 4. The zero-order valence-corrected chi connectivity index (χ0v) is 11.9. The number of nitrogens with two attached hydrogens (primary N) is 1. The number of hydrogen-bond donors (Lipinski definition) is 3. The molecule has 5 heteroatoms. The molecule has 0 spiro atoms. The fraction of sp³-hybridized carbons (Fsp3) is 0.533. The number of nitrogens with one attached hydrogen (secondary N) is 1. The first-order valence-corrected chi connectivity index (χ1v) is 7.16. The van der Waals surface area contributed by atoms with E-state index < -0.39 is 0 Å². The predicted molar refractivity (Wildman–Crippen MR) is 79.4 cm³/mol. The van der Waals surface area contributed by atoms with Crippen molar-refractivity contribution in [3.63, 3.8) is 0 Å². The summed E-state index contributed by atoms with van der Waals surface area (Å²) in [5.41, 5.74) is 4.92. The Labute approximate surface area is 119 Å². The zero-order valence-electron chi connectivity index (χ0n) is 11.9. The van der Waals surface area contributed by atoms with Crippen molar-refractivity contribution in [2.45, 2.75) is 38.6 Å². The van der Waals surface area contributed by atoms with E-state index in [1.807, 2.05) is 30.0 Å². The first-order valence-electron chi connectivity index (χ1n) is 7.16. The van der Waals surface area contributed by atoms with Gasteiger partial charge in [0.05, 0.1) is 11.3 Å². The van der Waals surface area contributed by atoms with Gasteiger partial charge in [-0.15, -0.1) is 0 Å². The number of piperidine rings is 1. The first kappa shape index (κ1) is 14.8. The third-order valence-electron chi connectivity index (χ3n) is 3.91. The first-order chi connectivity index (χ1) is 9.67. The van der Waals surface area contributed by atoms with Crippen molar-refractivity contribution in [1.82, 2.24) is 4.90 Å². The number of anilines is 1. The van der Waals surface area contributed by atoms with Crippen LogP contribution in [0.15, 0.2) is 18.2 Å². The Kier molecular flexibility index (Phi) is 4.98. The quantitative estimate of drug-likeness (QED) is 0.577. The minimum atomic E-state index is -0.00361. The van der Waals surface area contributed by atoms with Gasteiger partial charge in [-0.1, -0.05) is 6.07 Å². The molecule has 1 aromatic carbocycles. The number of aliphatic hydroxyl groups is 1. The molecular formula is C15H23N3O2. The molecule has 1 amide bonds. The number of aryl methyl sites for hydroxylation is 1. The maximum absolute atomic E-state index is 12.7. The highest BCUT2D eigenvalue weighted by molar-refractivity contribution is 5.99. The summed E-state index contributed by atoms with van der Waals surface area (Å²) in [6.45, 7) is 2.83. The topological polar surface area (TPSA) is 78.6 Å². The van der Waals surface area contributed by atoms with E-state index in [0.717, 1.165) is 31.4 Å². The van der Waals surface area contributed by atoms with E-state index in [1.165, 1.54) is 0 Å². The Morgan fingerprint density at radius 2 is 2.30 bits per heavy atom. The number of benzene rings is 1. The highest BCUT2D eigenvalue weighted by Gasteiger charge is 2.28. The molecule has 1 aliphatic heterocycles. The number of hydrazine groups is 1. The standard InChI is InChI=1S/C15H23N3O2/c1-11-5-6-13(14(10-11)17-16)15(20)18-8-3-2-4-12(18)7-9-19/h5-6,10,12,17,19H,2-4,7-9,16H2,1H3. The van der Waals surface area contributed by atoms with E-state index in [1.54, 1.807) is 0 Å². The molecule has 110 valence electrons. The summed E-state index contributed by atoms with van der Waals surface area (Å²) in [5.74, 6) is 5.52. The Morgan fingerprint density at radius 3 is 3.00 bits per heavy atom. The summed E-state index contributed by atoms with van der Waals surface area (Å²) < 4.78 is 0. The smallest absolute Gasteiger partial charge is 0.256 e. The summed E-state index contributed by atoms with van der Waals surface area (Å²) in [4.78, 5) is 14.6. The van der Waals surface area contributed by atoms with Crippen LogP contribution < -0.4 is 11.3 Å². The fourth-order valence-corrected chi connectivity index (χ4v) is 2.84. The second-order valence-electron chi connectivity index (χ2n) is 5.35. The molecule has 0 radical (unpaired) electrons. The molecule has 5 nitrogen and oxygen atoms in total. The maximum Gasteiger partial charge on any atom is 0.256 e. The minimum Gasteiger partial charge on any atom is -0.396 e. The Balaban J connectivity index is 2.24. The van der Waals surface area contributed by atoms with E-state index in [2.05, 4.69) is 5.43 Å². The van der Waals surface area contributed by atoms with Gasteiger partial charge in [0.1, 0.15) is 0 Å². The molecule has 1 atom stereocenters. The summed E-state index contributed by atoms with van der Waals surface area (Å²) in [6, 6.07) is 5.74. The Bertz CT molecular complexity index is 474. The lowest BCUT2D eigenvalue weighted by molar-refractivity contribution is 0.0575. The summed E-state index contributed by atoms with van der Waals surface area (Å²) in [5, 5.41) is 9.16. The molecule has 20 heavy (non-hydrogen) atoms. The molecule has 1 unspecified atom stereocenters. The van der Waals surface area contributed by atoms with E-state index >= 15 is 0 Å². The van der Waals surface area contributed by atoms with Gasteiger partial charge in [0.2, 0.25) is 0 Å². The van der Waals surface area contributed by atoms with Crippen molar-refractivity contribution >= 4 is 11.6 Å². The van der Waals surface area contributed by atoms with Crippen LogP contribution in [0.3, 0.4) is 0 Å². The van der Waals surface area contributed by atoms with Crippen molar-refractivity contribution in [1.29, 1.82) is 0 Å². The van der Waals surface area contributed by atoms with Crippen LogP contribution in [0.2, 0.25) is 0 Å². The molecule has 1 fully saturated rings. The number of amides is 1. The largest absolute Gasteiger partial charge is 0.396 e. The summed E-state index contributed by atoms with van der Waals surface area (Å²) in [6.07, 6.45) is 3.74. The van der Waals surface area contributed by atoms with E-state index in [4.69, 9.17) is 10.9 Å². The number of rotatable bonds is 4. The van der Waals surface area contributed by atoms with Crippen LogP contribution in [-0.4, -0.2) is 35.1 Å². The van der Waals surface area contributed by atoms with Crippen molar-refractivity contribution in [3.05, 3.63) is 29.3 Å². The lowest BCUT2D eigenvalue weighted by Gasteiger charge is -2.36. The molecule has 0 bridgehead atoms. The van der Waals surface area contributed by atoms with Gasteiger partial charge in [-0.2, -0.15) is 0 Å². The molecule has 1 saturated heterocycles. The highest BCUT2D eigenvalue weighted by atomic mass is 16.3. The van der Waals surface area contributed by atoms with Crippen LogP contribution in [0.25, 0.3) is 0 Å². The monoisotopic (exact) mass is 277 g/mol. The molecule has 2 rings (SSSR count). The number of aliphatic hydroxyl groups excluding tert-OH is 1. The third kappa shape index (κ3) is 3.11. The average molecular weight is 277 g/mol. The lowest BCUT2D eigenvalue weighted by Crippen LogP contribution is -2.44. The van der Waals surface area contributed by atoms with Crippen LogP contribution in [0.5, 0.6) is 0 Å². The predicted octanol–water partition coefficient (Wildman–Crippen LogP) is 1.66. The number of carbonyl (C=O) groups is 1. The minimum absolute atomic E-state index is 0.00361. The Hall–Kier alpha value is -1.59. The molecule has 0 aliphatic carbocycles. The van der Waals surface area contributed by atoms with Gasteiger partial charge in [-0.05, 0) is 50.3 Å². The maximum atomic E-state index is 12.7. The van der Waals surface area contributed by atoms with Gasteiger partial charge < -0.3 is 15.4 Å². The second kappa shape index (κ2) is 6.72. The molecule has 1 aromatic rings. The molecule has 0 saturated carbocycles. The van der Waals surface area contributed by atoms with E-state index in [-0.39, 0.29) is 18.6 Å². The van der Waals surface area contributed by atoms with Crippen LogP contribution in [-0.2, 0) is 0 Å². The fourth-order valence-electron chi connectivity index (χ4n) is 2.84. The number of nitrogens with zero attached hydrogens (tertiary/aromatic N) is 1. The van der Waals surface area contributed by atoms with Crippen molar-refractivity contribution in [2.24, 2.45) is 5.84 Å². The zero-order chi connectivity index (χ0) is 14.5. The molecular weight excluding hydrogens is 254 g/mol. The molecule has 4 N–H and O–H groups in total. The number of likely N-dealkylation sites (tertiary alicyclic amines) is 1. The van der Waals surface area contributed by atoms with Gasteiger partial charge >= 0.3 is 0 Å². The number of carbonyl (C=O) groups excluding carboxylic acids is 1. The number of nitrogen functional groups attached to an aromatic ring is 1. The molecule has 0 aromatic heterocycles. The van der Waals surface area contributed by atoms with Crippen LogP contribution in [0.1, 0.15) is 41.6 Å². The van der Waals surface area contributed by atoms with Crippen LogP contribution >= 0.6 is 0 Å². The van der Waals surface area contributed by atoms with Gasteiger partial charge in [0.15, 0.2) is 0 Å².